The second kappa shape index (κ2) is 6.21. The molecule has 0 amide bonds. The predicted molar refractivity (Wildman–Crippen MR) is 91.9 cm³/mol. The molecule has 2 nitrogen and oxygen atoms in total. The van der Waals surface area contributed by atoms with Crippen LogP contribution in [0.25, 0.3) is 0 Å². The van der Waals surface area contributed by atoms with Crippen LogP contribution in [0.2, 0.25) is 0 Å². The van der Waals surface area contributed by atoms with Crippen molar-refractivity contribution in [1.29, 1.82) is 0 Å². The van der Waals surface area contributed by atoms with Crippen LogP contribution in [0, 0.1) is 5.41 Å². The number of aliphatic imine (C=N–C) groups is 1. The van der Waals surface area contributed by atoms with E-state index in [9.17, 15) is 0 Å². The number of nitrogens with zero attached hydrogens (tertiary/aromatic N) is 1. The molecule has 1 atom stereocenters. The number of rotatable bonds is 2. The molecule has 2 rings (SSSR count). The first-order chi connectivity index (χ1) is 9.36. The van der Waals surface area contributed by atoms with Gasteiger partial charge in [0.2, 0.25) is 0 Å². The average molecular weight is 290 g/mol. The van der Waals surface area contributed by atoms with Crippen LogP contribution in [-0.2, 0) is 0 Å². The molecule has 1 aromatic carbocycles. The fourth-order valence-electron chi connectivity index (χ4n) is 2.30. The van der Waals surface area contributed by atoms with E-state index in [-0.39, 0.29) is 5.41 Å². The van der Waals surface area contributed by atoms with Gasteiger partial charge in [-0.15, -0.1) is 0 Å². The van der Waals surface area contributed by atoms with Gasteiger partial charge in [-0.05, 0) is 35.4 Å². The first kappa shape index (κ1) is 15.4. The Morgan fingerprint density at radius 3 is 2.70 bits per heavy atom. The van der Waals surface area contributed by atoms with Crippen molar-refractivity contribution in [3.05, 3.63) is 29.8 Å². The number of benzene rings is 1. The highest BCUT2D eigenvalue weighted by atomic mass is 32.2. The van der Waals surface area contributed by atoms with Crippen LogP contribution >= 0.6 is 11.8 Å². The first-order valence-electron chi connectivity index (χ1n) is 7.44. The normalized spacial score (nSPS) is 19.9. The third kappa shape index (κ3) is 4.02. The van der Waals surface area contributed by atoms with Crippen LogP contribution in [0.15, 0.2) is 29.3 Å². The van der Waals surface area contributed by atoms with Crippen molar-refractivity contribution < 1.29 is 0 Å². The molecule has 1 aromatic rings. The Bertz CT molecular complexity index is 486. The van der Waals surface area contributed by atoms with Crippen LogP contribution in [-0.4, -0.2) is 17.0 Å². The van der Waals surface area contributed by atoms with E-state index in [0.29, 0.717) is 12.0 Å². The van der Waals surface area contributed by atoms with Gasteiger partial charge in [-0.1, -0.05) is 58.5 Å². The Hall–Kier alpha value is -0.960. The maximum Gasteiger partial charge on any atom is 0.161 e. The standard InChI is InChI=1S/C17H26N2S/c1-12(2)13-7-6-8-14(11-13)18-16-19-15(9-10-20-16)17(3,4)5/h6-8,11-12,15H,9-10H2,1-5H3,(H,18,19). The van der Waals surface area contributed by atoms with E-state index in [4.69, 9.17) is 4.99 Å². The minimum atomic E-state index is 0.244. The molecule has 0 radical (unpaired) electrons. The summed E-state index contributed by atoms with van der Waals surface area (Å²) in [5.41, 5.74) is 2.76. The lowest BCUT2D eigenvalue weighted by molar-refractivity contribution is 0.316. The molecule has 1 heterocycles. The maximum absolute atomic E-state index is 4.89. The fourth-order valence-corrected chi connectivity index (χ4v) is 3.23. The first-order valence-corrected chi connectivity index (χ1v) is 8.42. The quantitative estimate of drug-likeness (QED) is 0.816. The van der Waals surface area contributed by atoms with Crippen LogP contribution in [0.5, 0.6) is 0 Å². The summed E-state index contributed by atoms with van der Waals surface area (Å²) in [4.78, 5) is 4.89. The number of hydrogen-bond donors (Lipinski definition) is 1. The van der Waals surface area contributed by atoms with E-state index < -0.39 is 0 Å². The molecule has 3 heteroatoms. The molecule has 1 aliphatic rings. The number of anilines is 1. The van der Waals surface area contributed by atoms with Crippen molar-refractivity contribution in [1.82, 2.24) is 0 Å². The predicted octanol–water partition coefficient (Wildman–Crippen LogP) is 5.13. The summed E-state index contributed by atoms with van der Waals surface area (Å²) in [6.45, 7) is 11.3. The highest BCUT2D eigenvalue weighted by Gasteiger charge is 2.27. The van der Waals surface area contributed by atoms with Crippen molar-refractivity contribution >= 4 is 22.6 Å². The summed E-state index contributed by atoms with van der Waals surface area (Å²) in [6, 6.07) is 9.07. The third-order valence-electron chi connectivity index (χ3n) is 3.71. The van der Waals surface area contributed by atoms with Crippen LogP contribution in [0.3, 0.4) is 0 Å². The average Bonchev–Trinajstić information content (AvgIpc) is 2.38. The summed E-state index contributed by atoms with van der Waals surface area (Å²) in [6.07, 6.45) is 1.17. The molecule has 110 valence electrons. The van der Waals surface area contributed by atoms with Crippen LogP contribution < -0.4 is 5.32 Å². The molecule has 0 bridgehead atoms. The number of thioether (sulfide) groups is 1. The molecule has 20 heavy (non-hydrogen) atoms. The third-order valence-corrected chi connectivity index (χ3v) is 4.63. The van der Waals surface area contributed by atoms with E-state index in [0.717, 1.165) is 16.6 Å². The monoisotopic (exact) mass is 290 g/mol. The van der Waals surface area contributed by atoms with Gasteiger partial charge in [0.15, 0.2) is 5.17 Å². The fraction of sp³-hybridized carbons (Fsp3) is 0.588. The summed E-state index contributed by atoms with van der Waals surface area (Å²) in [5, 5.41) is 4.56. The SMILES string of the molecule is CC(C)c1cccc(NC2=NC(C(C)(C)C)CCS2)c1. The maximum atomic E-state index is 4.89. The van der Waals surface area contributed by atoms with E-state index in [1.165, 1.54) is 12.0 Å². The van der Waals surface area contributed by atoms with Gasteiger partial charge in [-0.3, -0.25) is 4.99 Å². The van der Waals surface area contributed by atoms with Crippen molar-refractivity contribution in [2.45, 2.75) is 53.0 Å². The highest BCUT2D eigenvalue weighted by Crippen LogP contribution is 2.31. The van der Waals surface area contributed by atoms with Gasteiger partial charge in [0.1, 0.15) is 0 Å². The smallest absolute Gasteiger partial charge is 0.161 e. The van der Waals surface area contributed by atoms with Crippen LogP contribution in [0.1, 0.15) is 52.5 Å². The minimum absolute atomic E-state index is 0.244. The van der Waals surface area contributed by atoms with Gasteiger partial charge in [-0.25, -0.2) is 0 Å². The van der Waals surface area contributed by atoms with E-state index in [2.05, 4.69) is 64.2 Å². The summed E-state index contributed by atoms with van der Waals surface area (Å²) >= 11 is 1.83. The second-order valence-corrected chi connectivity index (χ2v) is 7.94. The van der Waals surface area contributed by atoms with Gasteiger partial charge in [0, 0.05) is 11.4 Å². The zero-order valence-electron chi connectivity index (χ0n) is 13.2. The van der Waals surface area contributed by atoms with Crippen molar-refractivity contribution in [3.8, 4) is 0 Å². The Balaban J connectivity index is 2.13. The molecule has 0 aromatic heterocycles. The Labute approximate surface area is 127 Å². The zero-order valence-corrected chi connectivity index (χ0v) is 14.1. The molecule has 1 unspecified atom stereocenters. The van der Waals surface area contributed by atoms with Crippen molar-refractivity contribution in [2.24, 2.45) is 10.4 Å². The van der Waals surface area contributed by atoms with E-state index >= 15 is 0 Å². The Morgan fingerprint density at radius 2 is 2.05 bits per heavy atom. The molecular weight excluding hydrogens is 264 g/mol. The van der Waals surface area contributed by atoms with Gasteiger partial charge in [0.05, 0.1) is 6.04 Å². The zero-order chi connectivity index (χ0) is 14.8. The van der Waals surface area contributed by atoms with Crippen molar-refractivity contribution in [2.75, 3.05) is 11.1 Å². The molecule has 1 N–H and O–H groups in total. The van der Waals surface area contributed by atoms with Crippen molar-refractivity contribution in [3.63, 3.8) is 0 Å². The molecular formula is C17H26N2S. The number of amidine groups is 1. The van der Waals surface area contributed by atoms with Crippen LogP contribution in [0.4, 0.5) is 5.69 Å². The summed E-state index contributed by atoms with van der Waals surface area (Å²) < 4.78 is 0. The lowest BCUT2D eigenvalue weighted by atomic mass is 9.85. The van der Waals surface area contributed by atoms with E-state index in [1.807, 2.05) is 11.8 Å². The lowest BCUT2D eigenvalue weighted by Crippen LogP contribution is -2.30. The Kier molecular flexibility index (Phi) is 4.79. The van der Waals surface area contributed by atoms with Gasteiger partial charge < -0.3 is 5.32 Å². The molecule has 0 aliphatic carbocycles. The molecule has 0 spiro atoms. The minimum Gasteiger partial charge on any atom is -0.335 e. The summed E-state index contributed by atoms with van der Waals surface area (Å²) in [7, 11) is 0. The molecule has 0 saturated carbocycles. The topological polar surface area (TPSA) is 24.4 Å². The Morgan fingerprint density at radius 1 is 1.30 bits per heavy atom. The molecule has 1 aliphatic heterocycles. The second-order valence-electron chi connectivity index (χ2n) is 6.86. The number of hydrogen-bond acceptors (Lipinski definition) is 3. The van der Waals surface area contributed by atoms with Gasteiger partial charge >= 0.3 is 0 Å². The number of nitrogens with one attached hydrogen (secondary N) is 1. The van der Waals surface area contributed by atoms with E-state index in [1.54, 1.807) is 0 Å². The van der Waals surface area contributed by atoms with Gasteiger partial charge in [-0.2, -0.15) is 0 Å². The molecule has 0 saturated heterocycles. The van der Waals surface area contributed by atoms with Gasteiger partial charge in [0.25, 0.3) is 0 Å². The summed E-state index contributed by atoms with van der Waals surface area (Å²) in [5.74, 6) is 1.71. The largest absolute Gasteiger partial charge is 0.335 e. The lowest BCUT2D eigenvalue weighted by Gasteiger charge is -2.31. The highest BCUT2D eigenvalue weighted by molar-refractivity contribution is 8.14. The molecule has 0 fully saturated rings.